The van der Waals surface area contributed by atoms with Gasteiger partial charge in [-0.2, -0.15) is 11.8 Å². The van der Waals surface area contributed by atoms with Gasteiger partial charge in [-0.05, 0) is 54.6 Å². The second-order valence-corrected chi connectivity index (χ2v) is 16.2. The predicted octanol–water partition coefficient (Wildman–Crippen LogP) is 5.35. The van der Waals surface area contributed by atoms with Gasteiger partial charge in [-0.15, -0.1) is 0 Å². The number of rotatable bonds is 28. The number of Topliss-reactive ketones (excluding diaryl/α,β-unsaturated/α-hetero) is 1. The van der Waals surface area contributed by atoms with Crippen LogP contribution in [-0.4, -0.2) is 108 Å². The number of hydrogen-bond donors (Lipinski definition) is 4. The summed E-state index contributed by atoms with van der Waals surface area (Å²) < 4.78 is 42.4. The summed E-state index contributed by atoms with van der Waals surface area (Å²) in [4.78, 5) is 62.2. The summed E-state index contributed by atoms with van der Waals surface area (Å²) in [6.45, 7) is 8.75. The monoisotopic (exact) mass is 843 g/mol. The Morgan fingerprint density at radius 2 is 1.59 bits per heavy atom. The number of ketones is 1. The molecule has 0 radical (unpaired) electrons. The van der Waals surface area contributed by atoms with E-state index >= 15 is 4.39 Å². The van der Waals surface area contributed by atoms with Crippen molar-refractivity contribution in [1.29, 1.82) is 0 Å². The molecule has 0 saturated heterocycles. The quantitative estimate of drug-likeness (QED) is 0.0696. The number of carboxylic acid groups (broad SMARTS) is 1. The molecule has 324 valence electrons. The zero-order valence-corrected chi connectivity index (χ0v) is 35.1. The molecule has 0 aliphatic carbocycles. The standard InChI is InChI=1S/C43H59F2N5O8S/c1-43(2,3)42(37-25-32(35-26-33(44)12-13-36(35)45)29-49(37)28-31-9-5-4-6-10-31)50(19-8-17-46)40(54)30-59-24-16-39(53)47-18-21-58-23-22-57-20-7-11-34(51)27-48-38(52)14-15-41(55)56/h4-6,9-10,12-13,25-26,29,42H,7-8,11,14-24,27-28,30,46H2,1-3H3,(H,47,53)(H,48,52)(H,55,56)/t42-/m0/s1. The Bertz CT molecular complexity index is 1800. The Morgan fingerprint density at radius 1 is 0.881 bits per heavy atom. The molecule has 0 fully saturated rings. The number of ether oxygens (including phenoxy) is 2. The third-order valence-electron chi connectivity index (χ3n) is 9.13. The summed E-state index contributed by atoms with van der Waals surface area (Å²) in [6, 6.07) is 14.6. The minimum atomic E-state index is -1.08. The van der Waals surface area contributed by atoms with E-state index < -0.39 is 35.0 Å². The summed E-state index contributed by atoms with van der Waals surface area (Å²) in [5.41, 5.74) is 7.90. The Kier molecular flexibility index (Phi) is 21.3. The lowest BCUT2D eigenvalue weighted by molar-refractivity contribution is -0.138. The topological polar surface area (TPSA) is 182 Å². The van der Waals surface area contributed by atoms with Gasteiger partial charge >= 0.3 is 5.97 Å². The van der Waals surface area contributed by atoms with E-state index in [9.17, 15) is 28.4 Å². The second kappa shape index (κ2) is 25.8. The van der Waals surface area contributed by atoms with Crippen molar-refractivity contribution < 1.29 is 47.3 Å². The average molecular weight is 844 g/mol. The van der Waals surface area contributed by atoms with Crippen molar-refractivity contribution in [3.63, 3.8) is 0 Å². The van der Waals surface area contributed by atoms with Crippen LogP contribution in [0.5, 0.6) is 0 Å². The maximum Gasteiger partial charge on any atom is 0.303 e. The summed E-state index contributed by atoms with van der Waals surface area (Å²) in [7, 11) is 0. The first-order chi connectivity index (χ1) is 28.2. The van der Waals surface area contributed by atoms with Gasteiger partial charge in [0.1, 0.15) is 11.6 Å². The van der Waals surface area contributed by atoms with Gasteiger partial charge < -0.3 is 40.4 Å². The Labute approximate surface area is 349 Å². The number of amides is 3. The lowest BCUT2D eigenvalue weighted by atomic mass is 9.83. The van der Waals surface area contributed by atoms with Crippen molar-refractivity contribution in [3.05, 3.63) is 83.7 Å². The van der Waals surface area contributed by atoms with E-state index in [0.29, 0.717) is 70.2 Å². The number of aliphatic carboxylic acids is 1. The number of nitrogens with two attached hydrogens (primary N) is 1. The Morgan fingerprint density at radius 3 is 2.29 bits per heavy atom. The molecule has 0 unspecified atom stereocenters. The molecule has 0 aliphatic heterocycles. The van der Waals surface area contributed by atoms with Crippen LogP contribution in [0.1, 0.15) is 76.6 Å². The third kappa shape index (κ3) is 18.0. The molecular formula is C43H59F2N5O8S. The van der Waals surface area contributed by atoms with Crippen molar-refractivity contribution in [1.82, 2.24) is 20.1 Å². The molecule has 1 heterocycles. The highest BCUT2D eigenvalue weighted by molar-refractivity contribution is 7.99. The molecule has 3 amide bonds. The summed E-state index contributed by atoms with van der Waals surface area (Å²) in [5, 5.41) is 13.8. The largest absolute Gasteiger partial charge is 0.481 e. The molecule has 1 aromatic heterocycles. The van der Waals surface area contributed by atoms with E-state index in [1.165, 1.54) is 17.8 Å². The normalized spacial score (nSPS) is 11.9. The van der Waals surface area contributed by atoms with Gasteiger partial charge in [-0.25, -0.2) is 8.78 Å². The van der Waals surface area contributed by atoms with Crippen molar-refractivity contribution in [2.24, 2.45) is 11.1 Å². The Hall–Kier alpha value is -4.64. The van der Waals surface area contributed by atoms with E-state index in [1.54, 1.807) is 0 Å². The maximum absolute atomic E-state index is 15.1. The summed E-state index contributed by atoms with van der Waals surface area (Å²) >= 11 is 1.36. The van der Waals surface area contributed by atoms with Crippen molar-refractivity contribution in [3.8, 4) is 11.1 Å². The lowest BCUT2D eigenvalue weighted by Crippen LogP contribution is -2.44. The first kappa shape index (κ1) is 48.7. The van der Waals surface area contributed by atoms with Crippen LogP contribution in [0.15, 0.2) is 60.8 Å². The number of carboxylic acids is 1. The van der Waals surface area contributed by atoms with Crippen molar-refractivity contribution >= 4 is 41.2 Å². The number of thioether (sulfide) groups is 1. The molecule has 0 saturated carbocycles. The molecule has 1 atom stereocenters. The number of nitrogens with one attached hydrogen (secondary N) is 2. The van der Waals surface area contributed by atoms with Gasteiger partial charge in [0.15, 0.2) is 5.78 Å². The van der Waals surface area contributed by atoms with E-state index in [4.69, 9.17) is 20.3 Å². The molecule has 5 N–H and O–H groups in total. The molecule has 0 aliphatic rings. The lowest BCUT2D eigenvalue weighted by Gasteiger charge is -2.41. The third-order valence-corrected chi connectivity index (χ3v) is 10.1. The van der Waals surface area contributed by atoms with E-state index in [0.717, 1.165) is 23.4 Å². The van der Waals surface area contributed by atoms with Crippen molar-refractivity contribution in [2.45, 2.75) is 71.9 Å². The zero-order valence-electron chi connectivity index (χ0n) is 34.3. The van der Waals surface area contributed by atoms with Crippen LogP contribution in [0.2, 0.25) is 0 Å². The van der Waals surface area contributed by atoms with E-state index in [1.807, 2.05) is 72.8 Å². The van der Waals surface area contributed by atoms with Crippen LogP contribution in [0.3, 0.4) is 0 Å². The molecule has 0 bridgehead atoms. The number of hydrogen-bond acceptors (Lipinski definition) is 9. The molecular weight excluding hydrogens is 785 g/mol. The van der Waals surface area contributed by atoms with Crippen LogP contribution in [0.25, 0.3) is 11.1 Å². The van der Waals surface area contributed by atoms with Gasteiger partial charge in [0.25, 0.3) is 0 Å². The summed E-state index contributed by atoms with van der Waals surface area (Å²) in [5.74, 6) is -2.55. The molecule has 59 heavy (non-hydrogen) atoms. The van der Waals surface area contributed by atoms with Gasteiger partial charge in [0, 0.05) is 74.3 Å². The highest BCUT2D eigenvalue weighted by Crippen LogP contribution is 2.41. The predicted molar refractivity (Wildman–Crippen MR) is 224 cm³/mol. The van der Waals surface area contributed by atoms with E-state index in [2.05, 4.69) is 10.6 Å². The number of carbonyl (C=O) groups is 5. The highest BCUT2D eigenvalue weighted by atomic mass is 32.2. The fraction of sp³-hybridized carbons (Fsp3) is 0.512. The highest BCUT2D eigenvalue weighted by Gasteiger charge is 2.37. The number of carbonyl (C=O) groups excluding carboxylic acids is 4. The number of benzene rings is 2. The fourth-order valence-electron chi connectivity index (χ4n) is 6.32. The number of halogens is 2. The van der Waals surface area contributed by atoms with Crippen molar-refractivity contribution in [2.75, 3.05) is 64.1 Å². The minimum absolute atomic E-state index is 0.115. The minimum Gasteiger partial charge on any atom is -0.481 e. The summed E-state index contributed by atoms with van der Waals surface area (Å²) in [6.07, 6.45) is 2.81. The molecule has 0 spiro atoms. The SMILES string of the molecule is CC(C)(C)[C@H](c1cc(-c2cc(F)ccc2F)cn1Cc1ccccc1)N(CCCN)C(=O)CSCCC(=O)NCCOCCOCCCC(=O)CNC(=O)CCC(=O)O. The van der Waals surface area contributed by atoms with Crippen LogP contribution >= 0.6 is 11.8 Å². The molecule has 13 nitrogen and oxygen atoms in total. The zero-order chi connectivity index (χ0) is 43.2. The molecule has 2 aromatic carbocycles. The smallest absolute Gasteiger partial charge is 0.303 e. The first-order valence-corrected chi connectivity index (χ1v) is 21.0. The number of aromatic nitrogens is 1. The maximum atomic E-state index is 15.1. The van der Waals surface area contributed by atoms with Crippen LogP contribution in [0.4, 0.5) is 8.78 Å². The van der Waals surface area contributed by atoms with Crippen LogP contribution < -0.4 is 16.4 Å². The fourth-order valence-corrected chi connectivity index (χ4v) is 7.13. The Balaban J connectivity index is 1.47. The first-order valence-electron chi connectivity index (χ1n) is 19.9. The van der Waals surface area contributed by atoms with Gasteiger partial charge in [0.05, 0.1) is 44.6 Å². The second-order valence-electron chi connectivity index (χ2n) is 15.1. The average Bonchev–Trinajstić information content (AvgIpc) is 3.59. The van der Waals surface area contributed by atoms with Crippen LogP contribution in [0, 0.1) is 17.0 Å². The van der Waals surface area contributed by atoms with E-state index in [-0.39, 0.29) is 67.7 Å². The molecule has 3 rings (SSSR count). The van der Waals surface area contributed by atoms with Gasteiger partial charge in [-0.1, -0.05) is 51.1 Å². The molecule has 16 heteroatoms. The van der Waals surface area contributed by atoms with Crippen LogP contribution in [-0.2, 0) is 40.0 Å². The van der Waals surface area contributed by atoms with Gasteiger partial charge in [0.2, 0.25) is 17.7 Å². The number of nitrogens with zero attached hydrogens (tertiary/aromatic N) is 2. The molecule has 3 aromatic rings. The van der Waals surface area contributed by atoms with Gasteiger partial charge in [-0.3, -0.25) is 24.0 Å².